The number of halogens is 2. The molecule has 1 N–H and O–H groups in total. The molecule has 7 heteroatoms. The van der Waals surface area contributed by atoms with Crippen molar-refractivity contribution in [2.24, 2.45) is 11.8 Å². The van der Waals surface area contributed by atoms with Gasteiger partial charge in [0.1, 0.15) is 12.2 Å². The van der Waals surface area contributed by atoms with Crippen molar-refractivity contribution in [3.63, 3.8) is 0 Å². The molecule has 1 saturated heterocycles. The molecule has 29 heavy (non-hydrogen) atoms. The molecule has 0 radical (unpaired) electrons. The SMILES string of the molecule is O=C(O)C[C@@H]1O[C@H](c2cccc(Cl)c2)[C@@H](C2C=CC(Cl)=CC2)N(CC2CC2)C1=O. The first-order chi connectivity index (χ1) is 13.9. The number of morpholine rings is 1. The third kappa shape index (κ3) is 4.68. The van der Waals surface area contributed by atoms with Crippen molar-refractivity contribution >= 4 is 35.1 Å². The molecule has 1 amide bonds. The van der Waals surface area contributed by atoms with Gasteiger partial charge in [-0.05, 0) is 49.0 Å². The van der Waals surface area contributed by atoms with Gasteiger partial charge in [0.2, 0.25) is 0 Å². The van der Waals surface area contributed by atoms with Crippen molar-refractivity contribution in [1.82, 2.24) is 4.90 Å². The van der Waals surface area contributed by atoms with E-state index in [4.69, 9.17) is 27.9 Å². The van der Waals surface area contributed by atoms with E-state index in [2.05, 4.69) is 0 Å². The topological polar surface area (TPSA) is 66.8 Å². The lowest BCUT2D eigenvalue weighted by molar-refractivity contribution is -0.181. The minimum atomic E-state index is -1.05. The van der Waals surface area contributed by atoms with Gasteiger partial charge in [-0.15, -0.1) is 0 Å². The summed E-state index contributed by atoms with van der Waals surface area (Å²) in [6.07, 6.45) is 6.89. The molecule has 2 aliphatic carbocycles. The van der Waals surface area contributed by atoms with Crippen LogP contribution in [0.1, 0.15) is 37.4 Å². The predicted molar refractivity (Wildman–Crippen MR) is 111 cm³/mol. The van der Waals surface area contributed by atoms with Crippen LogP contribution < -0.4 is 0 Å². The van der Waals surface area contributed by atoms with Crippen molar-refractivity contribution in [1.29, 1.82) is 0 Å². The van der Waals surface area contributed by atoms with E-state index < -0.39 is 18.2 Å². The maximum Gasteiger partial charge on any atom is 0.306 e. The molecular weight excluding hydrogens is 413 g/mol. The number of nitrogens with zero attached hydrogens (tertiary/aromatic N) is 1. The van der Waals surface area contributed by atoms with E-state index in [1.807, 2.05) is 41.3 Å². The number of carbonyl (C=O) groups is 2. The Bertz CT molecular complexity index is 864. The number of carboxylic acids is 1. The highest BCUT2D eigenvalue weighted by Crippen LogP contribution is 2.42. The van der Waals surface area contributed by atoms with Gasteiger partial charge in [0.05, 0.1) is 12.5 Å². The number of carbonyl (C=O) groups excluding carboxylic acids is 1. The predicted octanol–water partition coefficient (Wildman–Crippen LogP) is 4.56. The number of ether oxygens (including phenoxy) is 1. The van der Waals surface area contributed by atoms with Crippen molar-refractivity contribution < 1.29 is 19.4 Å². The molecule has 1 unspecified atom stereocenters. The quantitative estimate of drug-likeness (QED) is 0.710. The fourth-order valence-corrected chi connectivity index (χ4v) is 4.53. The molecule has 5 nitrogen and oxygen atoms in total. The average molecular weight is 436 g/mol. The molecule has 4 atom stereocenters. The van der Waals surface area contributed by atoms with E-state index in [0.29, 0.717) is 28.9 Å². The molecular formula is C22H23Cl2NO4. The standard InChI is InChI=1S/C22H23Cl2NO4/c23-16-8-6-14(7-9-16)20-21(15-2-1-3-17(24)10-15)29-18(11-19(26)27)22(28)25(20)12-13-4-5-13/h1-3,6,8-10,13-14,18,20-21H,4-5,7,11-12H2,(H,26,27)/t14?,18-,20+,21+/m0/s1. The summed E-state index contributed by atoms with van der Waals surface area (Å²) >= 11 is 12.3. The van der Waals surface area contributed by atoms with Crippen molar-refractivity contribution in [2.75, 3.05) is 6.54 Å². The highest BCUT2D eigenvalue weighted by Gasteiger charge is 2.47. The zero-order chi connectivity index (χ0) is 20.5. The van der Waals surface area contributed by atoms with Gasteiger partial charge in [-0.2, -0.15) is 0 Å². The Morgan fingerprint density at radius 1 is 1.28 bits per heavy atom. The second kappa shape index (κ2) is 8.50. The smallest absolute Gasteiger partial charge is 0.306 e. The van der Waals surface area contributed by atoms with Crippen LogP contribution >= 0.6 is 23.2 Å². The molecule has 1 saturated carbocycles. The maximum absolute atomic E-state index is 13.2. The van der Waals surface area contributed by atoms with E-state index in [9.17, 15) is 14.7 Å². The van der Waals surface area contributed by atoms with E-state index >= 15 is 0 Å². The fourth-order valence-electron chi connectivity index (χ4n) is 4.17. The van der Waals surface area contributed by atoms with Crippen LogP contribution in [0.2, 0.25) is 5.02 Å². The second-order valence-electron chi connectivity index (χ2n) is 7.97. The molecule has 2 fully saturated rings. The Balaban J connectivity index is 1.73. The Labute approximate surface area is 179 Å². The monoisotopic (exact) mass is 435 g/mol. The van der Waals surface area contributed by atoms with Crippen molar-refractivity contribution in [2.45, 2.75) is 43.9 Å². The normalized spacial score (nSPS) is 29.7. The number of benzene rings is 1. The number of hydrogen-bond donors (Lipinski definition) is 1. The summed E-state index contributed by atoms with van der Waals surface area (Å²) in [5.74, 6) is -0.798. The van der Waals surface area contributed by atoms with E-state index in [1.165, 1.54) is 0 Å². The van der Waals surface area contributed by atoms with E-state index in [1.54, 1.807) is 6.07 Å². The second-order valence-corrected chi connectivity index (χ2v) is 8.84. The molecule has 4 rings (SSSR count). The van der Waals surface area contributed by atoms with Crippen LogP contribution in [-0.4, -0.2) is 40.6 Å². The van der Waals surface area contributed by atoms with Gasteiger partial charge in [0, 0.05) is 22.5 Å². The first kappa shape index (κ1) is 20.5. The zero-order valence-electron chi connectivity index (χ0n) is 15.8. The summed E-state index contributed by atoms with van der Waals surface area (Å²) in [5.41, 5.74) is 0.847. The highest BCUT2D eigenvalue weighted by atomic mass is 35.5. The van der Waals surface area contributed by atoms with Gasteiger partial charge in [0.25, 0.3) is 5.91 Å². The van der Waals surface area contributed by atoms with E-state index in [-0.39, 0.29) is 24.3 Å². The van der Waals surface area contributed by atoms with Crippen molar-refractivity contribution in [3.05, 3.63) is 58.1 Å². The molecule has 3 aliphatic rings. The van der Waals surface area contributed by atoms with E-state index in [0.717, 1.165) is 18.4 Å². The number of aliphatic carboxylic acids is 1. The van der Waals surface area contributed by atoms with Crippen LogP contribution in [0.4, 0.5) is 0 Å². The van der Waals surface area contributed by atoms with Crippen LogP contribution in [-0.2, 0) is 14.3 Å². The van der Waals surface area contributed by atoms with Gasteiger partial charge in [0.15, 0.2) is 0 Å². The molecule has 0 bridgehead atoms. The summed E-state index contributed by atoms with van der Waals surface area (Å²) in [5, 5.41) is 10.6. The molecule has 0 spiro atoms. The van der Waals surface area contributed by atoms with Crippen LogP contribution in [0.5, 0.6) is 0 Å². The third-order valence-electron chi connectivity index (χ3n) is 5.75. The fraction of sp³-hybridized carbons (Fsp3) is 0.455. The lowest BCUT2D eigenvalue weighted by Gasteiger charge is -2.47. The number of rotatable bonds is 6. The number of hydrogen-bond acceptors (Lipinski definition) is 3. The Hall–Kier alpha value is -1.82. The zero-order valence-corrected chi connectivity index (χ0v) is 17.4. The minimum Gasteiger partial charge on any atom is -0.481 e. The molecule has 154 valence electrons. The van der Waals surface area contributed by atoms with Gasteiger partial charge in [-0.3, -0.25) is 9.59 Å². The summed E-state index contributed by atoms with van der Waals surface area (Å²) in [4.78, 5) is 26.5. The Morgan fingerprint density at radius 2 is 2.07 bits per heavy atom. The molecule has 1 aliphatic heterocycles. The van der Waals surface area contributed by atoms with Crippen LogP contribution in [0.3, 0.4) is 0 Å². The summed E-state index contributed by atoms with van der Waals surface area (Å²) in [6, 6.07) is 7.14. The van der Waals surface area contributed by atoms with Gasteiger partial charge in [-0.1, -0.05) is 47.5 Å². The Morgan fingerprint density at radius 3 is 2.69 bits per heavy atom. The van der Waals surface area contributed by atoms with Crippen LogP contribution in [0.25, 0.3) is 0 Å². The molecule has 1 aromatic rings. The first-order valence-electron chi connectivity index (χ1n) is 9.89. The summed E-state index contributed by atoms with van der Waals surface area (Å²) in [6.45, 7) is 0.627. The number of carboxylic acid groups (broad SMARTS) is 1. The molecule has 1 aromatic carbocycles. The summed E-state index contributed by atoms with van der Waals surface area (Å²) in [7, 11) is 0. The maximum atomic E-state index is 13.2. The van der Waals surface area contributed by atoms with Gasteiger partial charge >= 0.3 is 5.97 Å². The largest absolute Gasteiger partial charge is 0.481 e. The first-order valence-corrected chi connectivity index (χ1v) is 10.6. The lowest BCUT2D eigenvalue weighted by Crippen LogP contribution is -2.58. The number of amides is 1. The third-order valence-corrected chi connectivity index (χ3v) is 6.27. The van der Waals surface area contributed by atoms with Crippen LogP contribution in [0.15, 0.2) is 47.5 Å². The average Bonchev–Trinajstić information content (AvgIpc) is 3.49. The van der Waals surface area contributed by atoms with Crippen molar-refractivity contribution in [3.8, 4) is 0 Å². The van der Waals surface area contributed by atoms with Gasteiger partial charge in [-0.25, -0.2) is 0 Å². The lowest BCUT2D eigenvalue weighted by atomic mass is 9.83. The molecule has 1 heterocycles. The highest BCUT2D eigenvalue weighted by molar-refractivity contribution is 6.31. The number of allylic oxidation sites excluding steroid dienone is 3. The Kier molecular flexibility index (Phi) is 6.00. The van der Waals surface area contributed by atoms with Gasteiger partial charge < -0.3 is 14.7 Å². The van der Waals surface area contributed by atoms with Crippen LogP contribution in [0, 0.1) is 11.8 Å². The molecule has 0 aromatic heterocycles. The summed E-state index contributed by atoms with van der Waals surface area (Å²) < 4.78 is 6.16. The minimum absolute atomic E-state index is 0.0231.